The second-order valence-corrected chi connectivity index (χ2v) is 12.4. The summed E-state index contributed by atoms with van der Waals surface area (Å²) in [6.45, 7) is 6.07. The topological polar surface area (TPSA) is 145 Å². The average molecular weight is 610 g/mol. The number of carbonyl (C=O) groups is 3. The summed E-state index contributed by atoms with van der Waals surface area (Å²) in [6, 6.07) is 8.79. The van der Waals surface area contributed by atoms with Crippen LogP contribution in [0.2, 0.25) is 5.02 Å². The Labute approximate surface area is 253 Å². The van der Waals surface area contributed by atoms with E-state index in [1.165, 1.54) is 38.5 Å². The van der Waals surface area contributed by atoms with Gasteiger partial charge >= 0.3 is 0 Å². The van der Waals surface area contributed by atoms with Crippen molar-refractivity contribution in [2.24, 2.45) is 11.1 Å². The fourth-order valence-corrected chi connectivity index (χ4v) is 6.49. The first kappa shape index (κ1) is 30.2. The summed E-state index contributed by atoms with van der Waals surface area (Å²) in [5.74, 6) is -2.89. The van der Waals surface area contributed by atoms with Gasteiger partial charge in [-0.05, 0) is 41.7 Å². The molecule has 4 unspecified atom stereocenters. The summed E-state index contributed by atoms with van der Waals surface area (Å²) in [5, 5.41) is 9.07. The van der Waals surface area contributed by atoms with Gasteiger partial charge in [-0.3, -0.25) is 14.4 Å². The van der Waals surface area contributed by atoms with Crippen molar-refractivity contribution in [2.45, 2.75) is 50.6 Å². The van der Waals surface area contributed by atoms with Crippen LogP contribution < -0.4 is 31.2 Å². The van der Waals surface area contributed by atoms with Crippen molar-refractivity contribution in [3.63, 3.8) is 0 Å². The van der Waals surface area contributed by atoms with Crippen molar-refractivity contribution in [1.29, 1.82) is 0 Å². The number of nitrogens with zero attached hydrogens (tertiary/aromatic N) is 1. The van der Waals surface area contributed by atoms with Crippen molar-refractivity contribution in [3.8, 4) is 11.6 Å². The number of hydrogen-bond donors (Lipinski definition) is 4. The molecule has 2 aromatic carbocycles. The summed E-state index contributed by atoms with van der Waals surface area (Å²) < 4.78 is 26.7. The quantitative estimate of drug-likeness (QED) is 0.311. The molecular formula is C31H33ClFN5O5. The summed E-state index contributed by atoms with van der Waals surface area (Å²) in [6.07, 6.45) is 2.00. The first-order chi connectivity index (χ1) is 20.3. The number of carbonyl (C=O) groups excluding carboxylic acids is 3. The molecule has 2 aliphatic rings. The zero-order valence-electron chi connectivity index (χ0n) is 24.4. The normalized spacial score (nSPS) is 22.7. The van der Waals surface area contributed by atoms with E-state index in [0.717, 1.165) is 0 Å². The first-order valence-corrected chi connectivity index (χ1v) is 14.0. The van der Waals surface area contributed by atoms with Gasteiger partial charge in [0, 0.05) is 35.3 Å². The lowest BCUT2D eigenvalue weighted by atomic mass is 9.62. The second-order valence-electron chi connectivity index (χ2n) is 11.9. The van der Waals surface area contributed by atoms with Crippen molar-refractivity contribution in [2.75, 3.05) is 24.9 Å². The fourth-order valence-electron chi connectivity index (χ4n) is 6.31. The number of primary amides is 1. The van der Waals surface area contributed by atoms with Crippen LogP contribution in [0, 0.1) is 11.2 Å². The molecule has 1 saturated heterocycles. The average Bonchev–Trinajstić information content (AvgIpc) is 3.43. The summed E-state index contributed by atoms with van der Waals surface area (Å²) >= 11 is 6.26. The highest BCUT2D eigenvalue weighted by atomic mass is 35.5. The Balaban J connectivity index is 1.71. The number of halogens is 2. The van der Waals surface area contributed by atoms with Gasteiger partial charge < -0.3 is 31.2 Å². The van der Waals surface area contributed by atoms with Crippen LogP contribution >= 0.6 is 11.6 Å². The van der Waals surface area contributed by atoms with E-state index in [1.807, 2.05) is 20.8 Å². The number of hydrogen-bond acceptors (Lipinski definition) is 7. The van der Waals surface area contributed by atoms with Crippen LogP contribution in [0.25, 0.3) is 0 Å². The maximum Gasteiger partial charge on any atom is 0.248 e. The second kappa shape index (κ2) is 11.1. The number of anilines is 2. The van der Waals surface area contributed by atoms with E-state index in [2.05, 4.69) is 20.9 Å². The molecule has 1 spiro atoms. The Morgan fingerprint density at radius 2 is 1.91 bits per heavy atom. The van der Waals surface area contributed by atoms with Crippen molar-refractivity contribution in [3.05, 3.63) is 76.2 Å². The molecule has 0 bridgehead atoms. The molecule has 226 valence electrons. The van der Waals surface area contributed by atoms with E-state index in [4.69, 9.17) is 26.8 Å². The van der Waals surface area contributed by atoms with Crippen LogP contribution in [0.15, 0.2) is 48.7 Å². The molecule has 4 atom stereocenters. The number of ether oxygens (including phenoxy) is 2. The molecule has 12 heteroatoms. The van der Waals surface area contributed by atoms with E-state index in [1.54, 1.807) is 24.4 Å². The van der Waals surface area contributed by atoms with Crippen LogP contribution in [-0.4, -0.2) is 49.0 Å². The lowest BCUT2D eigenvalue weighted by Gasteiger charge is -2.37. The smallest absolute Gasteiger partial charge is 0.248 e. The van der Waals surface area contributed by atoms with Gasteiger partial charge in [-0.15, -0.1) is 0 Å². The third-order valence-corrected chi connectivity index (χ3v) is 8.36. The molecule has 5 N–H and O–H groups in total. The first-order valence-electron chi connectivity index (χ1n) is 13.7. The Hall–Kier alpha value is -4.22. The molecular weight excluding hydrogens is 577 g/mol. The van der Waals surface area contributed by atoms with Crippen LogP contribution in [0.3, 0.4) is 0 Å². The third kappa shape index (κ3) is 5.16. The lowest BCUT2D eigenvalue weighted by molar-refractivity contribution is -0.122. The summed E-state index contributed by atoms with van der Waals surface area (Å²) in [7, 11) is 2.86. The van der Waals surface area contributed by atoms with E-state index < -0.39 is 47.0 Å². The molecule has 0 radical (unpaired) electrons. The number of benzene rings is 2. The minimum absolute atomic E-state index is 0.103. The lowest BCUT2D eigenvalue weighted by Crippen LogP contribution is -2.49. The van der Waals surface area contributed by atoms with Gasteiger partial charge in [0.25, 0.3) is 0 Å². The van der Waals surface area contributed by atoms with Crippen LogP contribution in [0.1, 0.15) is 54.6 Å². The molecule has 1 fully saturated rings. The van der Waals surface area contributed by atoms with Crippen LogP contribution in [-0.2, 0) is 15.0 Å². The monoisotopic (exact) mass is 609 g/mol. The molecule has 5 rings (SSSR count). The predicted molar refractivity (Wildman–Crippen MR) is 160 cm³/mol. The summed E-state index contributed by atoms with van der Waals surface area (Å²) in [5.41, 5.74) is 5.21. The SMILES string of the molecule is COc1cc2c(cn1)C1(C(=O)N2)C(CC(C)(C)C)NC(C(=O)Nc2ccc(C(N)=O)cc2OC)C1c1cccc(Cl)c1F. The van der Waals surface area contributed by atoms with Crippen molar-refractivity contribution in [1.82, 2.24) is 10.3 Å². The molecule has 3 amide bonds. The van der Waals surface area contributed by atoms with Gasteiger partial charge in [0.1, 0.15) is 17.0 Å². The maximum absolute atomic E-state index is 16.0. The van der Waals surface area contributed by atoms with Crippen molar-refractivity contribution >= 4 is 40.7 Å². The minimum atomic E-state index is -1.45. The van der Waals surface area contributed by atoms with Gasteiger partial charge in [0.05, 0.1) is 36.7 Å². The maximum atomic E-state index is 16.0. The fraction of sp³-hybridized carbons (Fsp3) is 0.355. The third-order valence-electron chi connectivity index (χ3n) is 8.07. The molecule has 0 saturated carbocycles. The van der Waals surface area contributed by atoms with E-state index in [9.17, 15) is 14.4 Å². The Morgan fingerprint density at radius 3 is 2.56 bits per heavy atom. The standard InChI is InChI=1S/C31H33ClFN5O5/c1-30(2,3)13-22-31(17-14-35-23(43-5)12-20(17)37-29(31)41)24(16-7-6-8-18(32)25(16)33)26(38-22)28(40)36-19-10-9-15(27(34)39)11-21(19)42-4/h6-12,14,22,24,26,38H,13H2,1-5H3,(H2,34,39)(H,36,40)(H,37,41). The van der Waals surface area contributed by atoms with E-state index >= 15 is 4.39 Å². The van der Waals surface area contributed by atoms with E-state index in [-0.39, 0.29) is 33.0 Å². The van der Waals surface area contributed by atoms with E-state index in [0.29, 0.717) is 23.6 Å². The number of nitrogens with one attached hydrogen (secondary N) is 3. The highest BCUT2D eigenvalue weighted by Gasteiger charge is 2.66. The molecule has 43 heavy (non-hydrogen) atoms. The van der Waals surface area contributed by atoms with Gasteiger partial charge in [-0.1, -0.05) is 44.5 Å². The number of nitrogens with two attached hydrogens (primary N) is 1. The zero-order valence-corrected chi connectivity index (χ0v) is 25.1. The molecule has 10 nitrogen and oxygen atoms in total. The highest BCUT2D eigenvalue weighted by molar-refractivity contribution is 6.30. The molecule has 0 aliphatic carbocycles. The molecule has 3 heterocycles. The van der Waals surface area contributed by atoms with Gasteiger partial charge in [-0.25, -0.2) is 9.37 Å². The number of pyridine rings is 1. The zero-order chi connectivity index (χ0) is 31.3. The van der Waals surface area contributed by atoms with Gasteiger partial charge in [-0.2, -0.15) is 0 Å². The van der Waals surface area contributed by atoms with Crippen LogP contribution in [0.5, 0.6) is 11.6 Å². The number of rotatable bonds is 7. The Kier molecular flexibility index (Phi) is 7.82. The highest BCUT2D eigenvalue weighted by Crippen LogP contribution is 2.57. The Morgan fingerprint density at radius 1 is 1.16 bits per heavy atom. The van der Waals surface area contributed by atoms with Crippen molar-refractivity contribution < 1.29 is 28.2 Å². The van der Waals surface area contributed by atoms with Gasteiger partial charge in [0.2, 0.25) is 23.6 Å². The number of aromatic nitrogens is 1. The van der Waals surface area contributed by atoms with Gasteiger partial charge in [0.15, 0.2) is 0 Å². The molecule has 1 aromatic heterocycles. The number of fused-ring (bicyclic) bond motifs is 2. The largest absolute Gasteiger partial charge is 0.495 e. The number of methoxy groups -OCH3 is 2. The van der Waals surface area contributed by atoms with Crippen LogP contribution in [0.4, 0.5) is 15.8 Å². The minimum Gasteiger partial charge on any atom is -0.495 e. The predicted octanol–water partition coefficient (Wildman–Crippen LogP) is 4.38. The molecule has 2 aliphatic heterocycles. The summed E-state index contributed by atoms with van der Waals surface area (Å²) in [4.78, 5) is 44.6. The Bertz CT molecular complexity index is 1630. The molecule has 3 aromatic rings. The number of amides is 3.